The molecular weight excluding hydrogens is 172 g/mol. The number of nitrogens with two attached hydrogens (primary N) is 2. The summed E-state index contributed by atoms with van der Waals surface area (Å²) in [5, 5.41) is 0. The maximum atomic E-state index is 5.02. The van der Waals surface area contributed by atoms with Gasteiger partial charge in [0.25, 0.3) is 0 Å². The van der Waals surface area contributed by atoms with Crippen molar-refractivity contribution in [2.24, 2.45) is 11.5 Å². The topological polar surface area (TPSA) is 52.0 Å². The Balaban J connectivity index is 0. The van der Waals surface area contributed by atoms with E-state index in [-0.39, 0.29) is 8.64 Å². The first-order valence-electron chi connectivity index (χ1n) is 1.89. The predicted molar refractivity (Wildman–Crippen MR) is 52.4 cm³/mol. The minimum absolute atomic E-state index is 0.271. The molecule has 9 heavy (non-hydrogen) atoms. The van der Waals surface area contributed by atoms with Crippen molar-refractivity contribution in [2.75, 3.05) is 0 Å². The third-order valence-electron chi connectivity index (χ3n) is 0.201. The van der Waals surface area contributed by atoms with E-state index in [9.17, 15) is 0 Å². The van der Waals surface area contributed by atoms with Crippen LogP contribution in [0.5, 0.6) is 0 Å². The number of thiocarbonyl (C=S) groups is 2. The van der Waals surface area contributed by atoms with Crippen molar-refractivity contribution in [3.05, 3.63) is 13.2 Å². The highest BCUT2D eigenvalue weighted by atomic mass is 32.2. The molecule has 0 aliphatic rings. The molecule has 0 aromatic carbocycles. The van der Waals surface area contributed by atoms with E-state index in [1.165, 1.54) is 0 Å². The highest BCUT2D eigenvalue weighted by Crippen LogP contribution is 1.96. The molecule has 5 heteroatoms. The van der Waals surface area contributed by atoms with Crippen molar-refractivity contribution in [1.82, 2.24) is 0 Å². The Bertz CT molecular complexity index is 100. The molecule has 0 aromatic heterocycles. The quantitative estimate of drug-likeness (QED) is 0.430. The minimum Gasteiger partial charge on any atom is -0.384 e. The Labute approximate surface area is 69.7 Å². The number of hydrogen-bond donors (Lipinski definition) is 2. The van der Waals surface area contributed by atoms with E-state index in [1.807, 2.05) is 0 Å². The van der Waals surface area contributed by atoms with E-state index in [4.69, 9.17) is 11.5 Å². The second kappa shape index (κ2) is 7.87. The van der Waals surface area contributed by atoms with E-state index in [0.717, 1.165) is 11.8 Å². The molecular formula is C4H8N2S3. The van der Waals surface area contributed by atoms with Gasteiger partial charge in [-0.3, -0.25) is 0 Å². The summed E-state index contributed by atoms with van der Waals surface area (Å²) in [6, 6.07) is 0. The van der Waals surface area contributed by atoms with Gasteiger partial charge in [-0.25, -0.2) is 0 Å². The average molecular weight is 180 g/mol. The fourth-order valence-electron chi connectivity index (χ4n) is 0.0991. The second-order valence-corrected chi connectivity index (χ2v) is 3.22. The molecule has 0 aromatic rings. The molecule has 0 aliphatic carbocycles. The molecule has 4 N–H and O–H groups in total. The zero-order valence-corrected chi connectivity index (χ0v) is 7.24. The summed E-state index contributed by atoms with van der Waals surface area (Å²) in [4.78, 5) is 0. The fraction of sp³-hybridized carbons (Fsp3) is 0. The van der Waals surface area contributed by atoms with Gasteiger partial charge in [0.1, 0.15) is 8.64 Å². The largest absolute Gasteiger partial charge is 0.384 e. The Hall–Kier alpha value is -0.130. The van der Waals surface area contributed by atoms with Gasteiger partial charge in [-0.15, -0.1) is 13.2 Å². The smallest absolute Gasteiger partial charge is 0.138 e. The Morgan fingerprint density at radius 1 is 1.11 bits per heavy atom. The maximum Gasteiger partial charge on any atom is 0.138 e. The molecule has 0 saturated carbocycles. The van der Waals surface area contributed by atoms with Crippen LogP contribution in [0.25, 0.3) is 0 Å². The third kappa shape index (κ3) is 18.1. The molecule has 0 heterocycles. The summed E-state index contributed by atoms with van der Waals surface area (Å²) in [6.07, 6.45) is 0. The second-order valence-electron chi connectivity index (χ2n) is 0.740. The van der Waals surface area contributed by atoms with E-state index in [0.29, 0.717) is 0 Å². The Kier molecular flexibility index (Phi) is 10.2. The van der Waals surface area contributed by atoms with Crippen LogP contribution in [0.3, 0.4) is 0 Å². The monoisotopic (exact) mass is 180 g/mol. The maximum absolute atomic E-state index is 5.02. The first-order chi connectivity index (χ1) is 4.13. The van der Waals surface area contributed by atoms with Gasteiger partial charge in [0.15, 0.2) is 0 Å². The van der Waals surface area contributed by atoms with Crippen LogP contribution in [0.15, 0.2) is 13.2 Å². The predicted octanol–water partition coefficient (Wildman–Crippen LogP) is 1.01. The molecule has 0 spiro atoms. The molecule has 0 rings (SSSR count). The first-order valence-corrected chi connectivity index (χ1v) is 3.53. The van der Waals surface area contributed by atoms with Crippen LogP contribution in [-0.2, 0) is 0 Å². The average Bonchev–Trinajstić information content (AvgIpc) is 1.68. The van der Waals surface area contributed by atoms with Gasteiger partial charge in [0, 0.05) is 0 Å². The summed E-state index contributed by atoms with van der Waals surface area (Å²) in [6.45, 7) is 6.00. The van der Waals surface area contributed by atoms with Crippen molar-refractivity contribution in [3.8, 4) is 0 Å². The third-order valence-corrected chi connectivity index (χ3v) is 1.10. The van der Waals surface area contributed by atoms with Gasteiger partial charge >= 0.3 is 0 Å². The van der Waals surface area contributed by atoms with Crippen molar-refractivity contribution in [1.29, 1.82) is 0 Å². The van der Waals surface area contributed by atoms with Crippen LogP contribution < -0.4 is 11.5 Å². The minimum atomic E-state index is 0.271. The normalized spacial score (nSPS) is 6.67. The summed E-state index contributed by atoms with van der Waals surface area (Å²) < 4.78 is 0.542. The number of thioether (sulfide) groups is 1. The molecule has 0 bridgehead atoms. The molecule has 0 fully saturated rings. The molecule has 0 aliphatic heterocycles. The van der Waals surface area contributed by atoms with Gasteiger partial charge in [-0.05, 0) is 11.8 Å². The van der Waals surface area contributed by atoms with Gasteiger partial charge in [-0.2, -0.15) is 0 Å². The van der Waals surface area contributed by atoms with E-state index in [2.05, 4.69) is 37.6 Å². The fourth-order valence-corrected chi connectivity index (χ4v) is 0.994. The molecule has 0 saturated heterocycles. The molecule has 2 nitrogen and oxygen atoms in total. The molecule has 0 amide bonds. The summed E-state index contributed by atoms with van der Waals surface area (Å²) in [5.74, 6) is 0. The van der Waals surface area contributed by atoms with E-state index < -0.39 is 0 Å². The first kappa shape index (κ1) is 11.6. The van der Waals surface area contributed by atoms with Crippen LogP contribution in [0.2, 0.25) is 0 Å². The van der Waals surface area contributed by atoms with Crippen LogP contribution in [0.1, 0.15) is 0 Å². The lowest BCUT2D eigenvalue weighted by Gasteiger charge is -1.88. The summed E-state index contributed by atoms with van der Waals surface area (Å²) in [5.41, 5.74) is 10.0. The highest BCUT2D eigenvalue weighted by Gasteiger charge is 1.89. The zero-order valence-electron chi connectivity index (χ0n) is 4.79. The number of rotatable bonds is 0. The summed E-state index contributed by atoms with van der Waals surface area (Å²) >= 11 is 9.92. The van der Waals surface area contributed by atoms with Gasteiger partial charge in [0.05, 0.1) is 0 Å². The number of hydrogen-bond acceptors (Lipinski definition) is 3. The van der Waals surface area contributed by atoms with Gasteiger partial charge in [-0.1, -0.05) is 24.4 Å². The Morgan fingerprint density at radius 3 is 1.33 bits per heavy atom. The highest BCUT2D eigenvalue weighted by molar-refractivity contribution is 8.37. The van der Waals surface area contributed by atoms with Gasteiger partial charge in [0.2, 0.25) is 0 Å². The van der Waals surface area contributed by atoms with Crippen molar-refractivity contribution in [2.45, 2.75) is 0 Å². The standard InChI is InChI=1S/C2H4N2S3.C2H4/c3-1(5)7-2(4)6;1-2/h(H2,3,5)(H2,4,6);1-2H2. The van der Waals surface area contributed by atoms with Crippen LogP contribution in [-0.4, -0.2) is 8.64 Å². The van der Waals surface area contributed by atoms with E-state index in [1.54, 1.807) is 0 Å². The SMILES string of the molecule is C=C.NC(=S)SC(N)=S. The van der Waals surface area contributed by atoms with Crippen molar-refractivity contribution in [3.63, 3.8) is 0 Å². The van der Waals surface area contributed by atoms with Crippen LogP contribution >= 0.6 is 36.2 Å². The summed E-state index contributed by atoms with van der Waals surface area (Å²) in [7, 11) is 0. The Morgan fingerprint density at radius 2 is 1.33 bits per heavy atom. The molecule has 0 unspecified atom stereocenters. The molecule has 52 valence electrons. The molecule has 0 radical (unpaired) electrons. The van der Waals surface area contributed by atoms with Gasteiger partial charge < -0.3 is 11.5 Å². The zero-order chi connectivity index (χ0) is 7.86. The van der Waals surface area contributed by atoms with Crippen LogP contribution in [0, 0.1) is 0 Å². The van der Waals surface area contributed by atoms with E-state index >= 15 is 0 Å². The molecule has 0 atom stereocenters. The lowest BCUT2D eigenvalue weighted by molar-refractivity contribution is 1.89. The lowest BCUT2D eigenvalue weighted by Crippen LogP contribution is -2.10. The van der Waals surface area contributed by atoms with Crippen LogP contribution in [0.4, 0.5) is 0 Å². The lowest BCUT2D eigenvalue weighted by atomic mass is 11.3. The van der Waals surface area contributed by atoms with Crippen molar-refractivity contribution >= 4 is 44.8 Å². The van der Waals surface area contributed by atoms with Crippen molar-refractivity contribution < 1.29 is 0 Å².